The molecule has 3 rings (SSSR count). The predicted molar refractivity (Wildman–Crippen MR) is 91.3 cm³/mol. The van der Waals surface area contributed by atoms with Crippen molar-refractivity contribution in [1.82, 2.24) is 5.06 Å². The number of piperidine rings is 1. The van der Waals surface area contributed by atoms with Crippen molar-refractivity contribution < 1.29 is 24.6 Å². The van der Waals surface area contributed by atoms with Gasteiger partial charge in [-0.1, -0.05) is 42.5 Å². The summed E-state index contributed by atoms with van der Waals surface area (Å²) in [5.41, 5.74) is 2.11. The average molecular weight is 343 g/mol. The minimum absolute atomic E-state index is 0.0446. The van der Waals surface area contributed by atoms with Crippen molar-refractivity contribution in [2.75, 3.05) is 13.1 Å². The second kappa shape index (κ2) is 8.00. The van der Waals surface area contributed by atoms with E-state index in [1.807, 2.05) is 54.6 Å². The molecule has 0 radical (unpaired) electrons. The number of β-amino-alcohol motifs (C(OH)–C–C–N with tert-alkyl or cyclic N) is 1. The van der Waals surface area contributed by atoms with Crippen LogP contribution >= 0.6 is 0 Å². The van der Waals surface area contributed by atoms with Crippen molar-refractivity contribution in [3.63, 3.8) is 0 Å². The fourth-order valence-electron chi connectivity index (χ4n) is 3.04. The third kappa shape index (κ3) is 4.71. The molecule has 2 aromatic carbocycles. The molecule has 2 atom stereocenters. The monoisotopic (exact) mass is 343 g/mol. The lowest BCUT2D eigenvalue weighted by Gasteiger charge is -2.34. The van der Waals surface area contributed by atoms with Gasteiger partial charge in [0.1, 0.15) is 12.4 Å². The number of carbonyl (C=O) groups is 1. The van der Waals surface area contributed by atoms with Crippen molar-refractivity contribution >= 4 is 6.16 Å². The number of hydrogen-bond donors (Lipinski definition) is 2. The molecule has 6 heteroatoms. The average Bonchev–Trinajstić information content (AvgIpc) is 2.61. The third-order valence-electron chi connectivity index (χ3n) is 4.31. The van der Waals surface area contributed by atoms with E-state index in [1.165, 1.54) is 5.06 Å². The maximum Gasteiger partial charge on any atom is 0.525 e. The Morgan fingerprint density at radius 3 is 2.48 bits per heavy atom. The molecule has 132 valence electrons. The Labute approximate surface area is 146 Å². The van der Waals surface area contributed by atoms with Crippen LogP contribution in [0.5, 0.6) is 5.75 Å². The molecule has 25 heavy (non-hydrogen) atoms. The van der Waals surface area contributed by atoms with Crippen LogP contribution in [-0.2, 0) is 11.4 Å². The van der Waals surface area contributed by atoms with E-state index in [-0.39, 0.29) is 12.5 Å². The Kier molecular flexibility index (Phi) is 5.53. The van der Waals surface area contributed by atoms with Crippen LogP contribution in [0.1, 0.15) is 23.5 Å². The van der Waals surface area contributed by atoms with Gasteiger partial charge in [0.05, 0.1) is 12.6 Å². The smallest absolute Gasteiger partial charge is 0.489 e. The molecular formula is C19H21NO5. The zero-order valence-electron chi connectivity index (χ0n) is 13.7. The molecule has 1 aliphatic heterocycles. The molecule has 2 N–H and O–H groups in total. The van der Waals surface area contributed by atoms with Gasteiger partial charge in [0.2, 0.25) is 0 Å². The van der Waals surface area contributed by atoms with E-state index < -0.39 is 12.3 Å². The fourth-order valence-corrected chi connectivity index (χ4v) is 3.04. The molecule has 1 aliphatic rings. The molecular weight excluding hydrogens is 322 g/mol. The molecule has 1 heterocycles. The van der Waals surface area contributed by atoms with Crippen molar-refractivity contribution in [3.05, 3.63) is 65.7 Å². The second-order valence-corrected chi connectivity index (χ2v) is 6.05. The van der Waals surface area contributed by atoms with E-state index >= 15 is 0 Å². The Morgan fingerprint density at radius 1 is 1.12 bits per heavy atom. The van der Waals surface area contributed by atoms with Gasteiger partial charge in [0.25, 0.3) is 0 Å². The largest absolute Gasteiger partial charge is 0.525 e. The van der Waals surface area contributed by atoms with Crippen molar-refractivity contribution in [3.8, 4) is 5.75 Å². The summed E-state index contributed by atoms with van der Waals surface area (Å²) < 4.78 is 5.77. The minimum atomic E-state index is -1.36. The van der Waals surface area contributed by atoms with Crippen LogP contribution in [0.25, 0.3) is 0 Å². The fraction of sp³-hybridized carbons (Fsp3) is 0.316. The molecule has 0 bridgehead atoms. The summed E-state index contributed by atoms with van der Waals surface area (Å²) in [6.45, 7) is 1.14. The van der Waals surface area contributed by atoms with Crippen molar-refractivity contribution in [2.24, 2.45) is 0 Å². The van der Waals surface area contributed by atoms with Crippen molar-refractivity contribution in [1.29, 1.82) is 0 Å². The highest BCUT2D eigenvalue weighted by atomic mass is 16.8. The molecule has 2 unspecified atom stereocenters. The Morgan fingerprint density at radius 2 is 1.84 bits per heavy atom. The molecule has 0 amide bonds. The summed E-state index contributed by atoms with van der Waals surface area (Å²) >= 11 is 0. The summed E-state index contributed by atoms with van der Waals surface area (Å²) in [5, 5.41) is 20.2. The van der Waals surface area contributed by atoms with Gasteiger partial charge in [0.15, 0.2) is 0 Å². The number of benzene rings is 2. The molecule has 6 nitrogen and oxygen atoms in total. The first-order valence-electron chi connectivity index (χ1n) is 8.22. The standard InChI is InChI=1S/C19H21NO5/c21-18-12-20(25-19(22)23)11-10-17(18)15-6-8-16(9-7-15)24-13-14-4-2-1-3-5-14/h1-9,17-18,21H,10-13H2,(H,22,23). The summed E-state index contributed by atoms with van der Waals surface area (Å²) in [4.78, 5) is 15.2. The lowest BCUT2D eigenvalue weighted by Crippen LogP contribution is -2.43. The van der Waals surface area contributed by atoms with Gasteiger partial charge in [-0.05, 0) is 29.7 Å². The van der Waals surface area contributed by atoms with E-state index in [9.17, 15) is 9.90 Å². The second-order valence-electron chi connectivity index (χ2n) is 6.05. The number of ether oxygens (including phenoxy) is 1. The zero-order valence-corrected chi connectivity index (χ0v) is 13.7. The van der Waals surface area contributed by atoms with Crippen LogP contribution in [0.2, 0.25) is 0 Å². The number of aliphatic hydroxyl groups is 1. The highest BCUT2D eigenvalue weighted by Gasteiger charge is 2.30. The number of hydrogen-bond acceptors (Lipinski definition) is 5. The zero-order chi connectivity index (χ0) is 17.6. The highest BCUT2D eigenvalue weighted by Crippen LogP contribution is 2.30. The lowest BCUT2D eigenvalue weighted by atomic mass is 9.88. The van der Waals surface area contributed by atoms with Gasteiger partial charge >= 0.3 is 6.16 Å². The molecule has 1 fully saturated rings. The van der Waals surface area contributed by atoms with Gasteiger partial charge in [-0.3, -0.25) is 0 Å². The van der Waals surface area contributed by atoms with Gasteiger partial charge in [-0.25, -0.2) is 4.79 Å². The first-order chi connectivity index (χ1) is 12.1. The first kappa shape index (κ1) is 17.3. The predicted octanol–water partition coefficient (Wildman–Crippen LogP) is 3.03. The maximum atomic E-state index is 10.6. The number of nitrogens with zero attached hydrogens (tertiary/aromatic N) is 1. The van der Waals surface area contributed by atoms with E-state index in [2.05, 4.69) is 4.84 Å². The summed E-state index contributed by atoms with van der Waals surface area (Å²) in [6, 6.07) is 17.6. The number of hydroxylamine groups is 2. The molecule has 0 aromatic heterocycles. The van der Waals surface area contributed by atoms with Crippen molar-refractivity contribution in [2.45, 2.75) is 25.0 Å². The van der Waals surface area contributed by atoms with E-state index in [0.717, 1.165) is 16.9 Å². The normalized spacial score (nSPS) is 20.8. The summed E-state index contributed by atoms with van der Waals surface area (Å²) in [6.07, 6.45) is -1.41. The molecule has 1 saturated heterocycles. The Bertz CT molecular complexity index is 689. The number of rotatable bonds is 5. The van der Waals surface area contributed by atoms with E-state index in [4.69, 9.17) is 9.84 Å². The molecule has 2 aromatic rings. The Balaban J connectivity index is 1.56. The third-order valence-corrected chi connectivity index (χ3v) is 4.31. The topological polar surface area (TPSA) is 79.2 Å². The van der Waals surface area contributed by atoms with Crippen LogP contribution in [0, 0.1) is 0 Å². The van der Waals surface area contributed by atoms with Gasteiger partial charge in [0, 0.05) is 12.5 Å². The van der Waals surface area contributed by atoms with Crippen LogP contribution in [0.15, 0.2) is 54.6 Å². The molecule has 0 saturated carbocycles. The van der Waals surface area contributed by atoms with Gasteiger partial charge in [-0.15, -0.1) is 5.06 Å². The first-order valence-corrected chi connectivity index (χ1v) is 8.22. The maximum absolute atomic E-state index is 10.6. The van der Waals surface area contributed by atoms with Crippen LogP contribution in [0.3, 0.4) is 0 Å². The SMILES string of the molecule is O=C(O)ON1CCC(c2ccc(OCc3ccccc3)cc2)C(O)C1. The quantitative estimate of drug-likeness (QED) is 0.869. The molecule has 0 spiro atoms. The summed E-state index contributed by atoms with van der Waals surface area (Å²) in [7, 11) is 0. The number of carboxylic acid groups (broad SMARTS) is 1. The summed E-state index contributed by atoms with van der Waals surface area (Å²) in [5.74, 6) is 0.727. The van der Waals surface area contributed by atoms with Crippen LogP contribution < -0.4 is 4.74 Å². The number of aliphatic hydroxyl groups excluding tert-OH is 1. The van der Waals surface area contributed by atoms with Gasteiger partial charge in [-0.2, -0.15) is 0 Å². The highest BCUT2D eigenvalue weighted by molar-refractivity contribution is 5.56. The molecule has 0 aliphatic carbocycles. The van der Waals surface area contributed by atoms with Crippen LogP contribution in [0.4, 0.5) is 4.79 Å². The minimum Gasteiger partial charge on any atom is -0.489 e. The van der Waals surface area contributed by atoms with Gasteiger partial charge < -0.3 is 19.8 Å². The van der Waals surface area contributed by atoms with Crippen LogP contribution in [-0.4, -0.2) is 40.6 Å². The van der Waals surface area contributed by atoms with E-state index in [1.54, 1.807) is 0 Å². The van der Waals surface area contributed by atoms with E-state index in [0.29, 0.717) is 19.6 Å². The lowest BCUT2D eigenvalue weighted by molar-refractivity contribution is -0.154. The Hall–Kier alpha value is -2.57.